The highest BCUT2D eigenvalue weighted by Gasteiger charge is 2.03. The van der Waals surface area contributed by atoms with E-state index < -0.39 is 0 Å². The fourth-order valence-electron chi connectivity index (χ4n) is 0.678. The van der Waals surface area contributed by atoms with Gasteiger partial charge in [-0.1, -0.05) is 0 Å². The Bertz CT molecular complexity index is 76.1. The van der Waals surface area contributed by atoms with Crippen molar-refractivity contribution in [2.24, 2.45) is 0 Å². The van der Waals surface area contributed by atoms with Crippen LogP contribution in [0.2, 0.25) is 0 Å². The minimum absolute atomic E-state index is 0.0961. The van der Waals surface area contributed by atoms with Crippen LogP contribution in [0.4, 0.5) is 0 Å². The van der Waals surface area contributed by atoms with Gasteiger partial charge in [-0.05, 0) is 5.75 Å². The fourth-order valence-corrected chi connectivity index (χ4v) is 1.37. The Hall–Kier alpha value is 0.230. The van der Waals surface area contributed by atoms with Crippen LogP contribution < -0.4 is 0 Å². The summed E-state index contributed by atoms with van der Waals surface area (Å²) < 4.78 is 9.96. The number of ether oxygens (including phenoxy) is 2. The average molecular weight is 180 g/mol. The summed E-state index contributed by atoms with van der Waals surface area (Å²) in [6, 6.07) is 0. The number of methoxy groups -OCH3 is 2. The first-order chi connectivity index (χ1) is 5.35. The van der Waals surface area contributed by atoms with Gasteiger partial charge in [-0.3, -0.25) is 0 Å². The van der Waals surface area contributed by atoms with Crippen LogP contribution in [0.3, 0.4) is 0 Å². The summed E-state index contributed by atoms with van der Waals surface area (Å²) in [6.45, 7) is 0.245. The van der Waals surface area contributed by atoms with Gasteiger partial charge in [0.2, 0.25) is 0 Å². The van der Waals surface area contributed by atoms with E-state index in [1.807, 2.05) is 0 Å². The predicted octanol–water partition coefficient (Wildman–Crippen LogP) is 0.721. The van der Waals surface area contributed by atoms with Crippen LogP contribution in [0.1, 0.15) is 6.42 Å². The van der Waals surface area contributed by atoms with Crippen LogP contribution in [0.5, 0.6) is 0 Å². The molecular weight excluding hydrogens is 164 g/mol. The van der Waals surface area contributed by atoms with Crippen LogP contribution in [0.25, 0.3) is 0 Å². The van der Waals surface area contributed by atoms with E-state index in [2.05, 4.69) is 0 Å². The van der Waals surface area contributed by atoms with E-state index in [1.165, 1.54) is 0 Å². The fraction of sp³-hybridized carbons (Fsp3) is 1.00. The smallest absolute Gasteiger partial charge is 0.157 e. The van der Waals surface area contributed by atoms with Gasteiger partial charge in [-0.2, -0.15) is 11.8 Å². The highest BCUT2D eigenvalue weighted by atomic mass is 32.2. The summed E-state index contributed by atoms with van der Waals surface area (Å²) in [6.07, 6.45) is 0.777. The zero-order valence-corrected chi connectivity index (χ0v) is 7.89. The molecule has 0 unspecified atom stereocenters. The Labute approximate surface area is 72.1 Å². The molecule has 0 saturated carbocycles. The molecule has 0 aliphatic carbocycles. The molecule has 0 bridgehead atoms. The maximum Gasteiger partial charge on any atom is 0.157 e. The maximum atomic E-state index is 8.46. The van der Waals surface area contributed by atoms with E-state index in [0.717, 1.165) is 17.9 Å². The monoisotopic (exact) mass is 180 g/mol. The lowest BCUT2D eigenvalue weighted by atomic mass is 10.5. The SMILES string of the molecule is COC(CCSCCO)OC. The van der Waals surface area contributed by atoms with Gasteiger partial charge in [0.1, 0.15) is 0 Å². The second-order valence-corrected chi connectivity index (χ2v) is 3.25. The largest absolute Gasteiger partial charge is 0.396 e. The van der Waals surface area contributed by atoms with Crippen molar-refractivity contribution in [1.29, 1.82) is 0 Å². The van der Waals surface area contributed by atoms with Crippen LogP contribution in [-0.2, 0) is 9.47 Å². The third-order valence-electron chi connectivity index (χ3n) is 1.26. The number of hydrogen-bond donors (Lipinski definition) is 1. The van der Waals surface area contributed by atoms with Crippen molar-refractivity contribution in [3.63, 3.8) is 0 Å². The topological polar surface area (TPSA) is 38.7 Å². The number of thioether (sulfide) groups is 1. The first-order valence-corrected chi connectivity index (χ1v) is 4.74. The second kappa shape index (κ2) is 8.33. The Morgan fingerprint density at radius 2 is 1.91 bits per heavy atom. The number of aliphatic hydroxyl groups excluding tert-OH is 1. The molecule has 0 rings (SSSR count). The van der Waals surface area contributed by atoms with Crippen LogP contribution in [0.15, 0.2) is 0 Å². The molecule has 0 saturated heterocycles. The summed E-state index contributed by atoms with van der Waals surface area (Å²) >= 11 is 1.70. The molecular formula is C7H16O3S. The van der Waals surface area contributed by atoms with Gasteiger partial charge < -0.3 is 14.6 Å². The normalized spacial score (nSPS) is 10.9. The lowest BCUT2D eigenvalue weighted by Crippen LogP contribution is -2.13. The van der Waals surface area contributed by atoms with Crippen molar-refractivity contribution in [3.05, 3.63) is 0 Å². The Kier molecular flexibility index (Phi) is 8.50. The molecule has 11 heavy (non-hydrogen) atoms. The molecule has 0 aromatic rings. The van der Waals surface area contributed by atoms with Crippen LogP contribution in [-0.4, -0.2) is 43.7 Å². The molecule has 0 heterocycles. The molecule has 0 atom stereocenters. The lowest BCUT2D eigenvalue weighted by molar-refractivity contribution is -0.102. The summed E-state index contributed by atoms with van der Waals surface area (Å²) in [4.78, 5) is 0. The van der Waals surface area contributed by atoms with Crippen molar-refractivity contribution < 1.29 is 14.6 Å². The average Bonchev–Trinajstić information content (AvgIpc) is 2.05. The molecule has 0 aromatic heterocycles. The van der Waals surface area contributed by atoms with Gasteiger partial charge in [0.25, 0.3) is 0 Å². The quantitative estimate of drug-likeness (QED) is 0.463. The molecule has 0 aliphatic heterocycles. The number of aliphatic hydroxyl groups is 1. The van der Waals surface area contributed by atoms with Crippen molar-refractivity contribution in [2.75, 3.05) is 32.3 Å². The Balaban J connectivity index is 3.07. The van der Waals surface area contributed by atoms with Crippen molar-refractivity contribution in [1.82, 2.24) is 0 Å². The molecule has 0 spiro atoms. The minimum Gasteiger partial charge on any atom is -0.396 e. The molecule has 0 aromatic carbocycles. The van der Waals surface area contributed by atoms with Crippen molar-refractivity contribution in [3.8, 4) is 0 Å². The van der Waals surface area contributed by atoms with Gasteiger partial charge in [0.15, 0.2) is 6.29 Å². The van der Waals surface area contributed by atoms with E-state index in [0.29, 0.717) is 0 Å². The zero-order chi connectivity index (χ0) is 8.53. The molecule has 1 N–H and O–H groups in total. The van der Waals surface area contributed by atoms with Crippen molar-refractivity contribution >= 4 is 11.8 Å². The third-order valence-corrected chi connectivity index (χ3v) is 2.25. The highest BCUT2D eigenvalue weighted by Crippen LogP contribution is 2.06. The molecule has 0 radical (unpaired) electrons. The summed E-state index contributed by atoms with van der Waals surface area (Å²) in [5.41, 5.74) is 0. The first-order valence-electron chi connectivity index (χ1n) is 3.59. The van der Waals surface area contributed by atoms with E-state index >= 15 is 0 Å². The third kappa shape index (κ3) is 6.62. The van der Waals surface area contributed by atoms with Gasteiger partial charge >= 0.3 is 0 Å². The maximum absolute atomic E-state index is 8.46. The summed E-state index contributed by atoms with van der Waals surface area (Å²) in [5.74, 6) is 1.76. The first kappa shape index (κ1) is 11.2. The summed E-state index contributed by atoms with van der Waals surface area (Å²) in [7, 11) is 3.26. The van der Waals surface area contributed by atoms with Crippen LogP contribution in [0, 0.1) is 0 Å². The second-order valence-electron chi connectivity index (χ2n) is 2.03. The molecule has 0 fully saturated rings. The molecule has 4 heteroatoms. The molecule has 0 aliphatic rings. The Morgan fingerprint density at radius 1 is 1.27 bits per heavy atom. The Morgan fingerprint density at radius 3 is 2.36 bits per heavy atom. The number of hydrogen-bond acceptors (Lipinski definition) is 4. The van der Waals surface area contributed by atoms with E-state index in [1.54, 1.807) is 26.0 Å². The number of rotatable bonds is 7. The van der Waals surface area contributed by atoms with Gasteiger partial charge in [-0.15, -0.1) is 0 Å². The van der Waals surface area contributed by atoms with E-state index in [9.17, 15) is 0 Å². The molecule has 3 nitrogen and oxygen atoms in total. The minimum atomic E-state index is -0.0961. The van der Waals surface area contributed by atoms with Gasteiger partial charge in [0.05, 0.1) is 6.61 Å². The van der Waals surface area contributed by atoms with E-state index in [-0.39, 0.29) is 12.9 Å². The standard InChI is InChI=1S/C7H16O3S/c1-9-7(10-2)3-5-11-6-4-8/h7-8H,3-6H2,1-2H3. The van der Waals surface area contributed by atoms with Crippen molar-refractivity contribution in [2.45, 2.75) is 12.7 Å². The lowest BCUT2D eigenvalue weighted by Gasteiger charge is -2.11. The highest BCUT2D eigenvalue weighted by molar-refractivity contribution is 7.99. The molecule has 68 valence electrons. The molecule has 0 amide bonds. The van der Waals surface area contributed by atoms with Gasteiger partial charge in [-0.25, -0.2) is 0 Å². The van der Waals surface area contributed by atoms with Crippen LogP contribution >= 0.6 is 11.8 Å². The van der Waals surface area contributed by atoms with E-state index in [4.69, 9.17) is 14.6 Å². The predicted molar refractivity (Wildman–Crippen MR) is 46.8 cm³/mol. The zero-order valence-electron chi connectivity index (χ0n) is 7.08. The summed E-state index contributed by atoms with van der Waals surface area (Å²) in [5, 5.41) is 8.46. The van der Waals surface area contributed by atoms with Gasteiger partial charge in [0, 0.05) is 26.4 Å².